The normalized spacial score (nSPS) is 13.0. The summed E-state index contributed by atoms with van der Waals surface area (Å²) >= 11 is 0. The lowest BCUT2D eigenvalue weighted by atomic mass is 10.0. The number of amides is 1. The molecule has 2 heterocycles. The summed E-state index contributed by atoms with van der Waals surface area (Å²) in [5, 5.41) is 6.08. The van der Waals surface area contributed by atoms with Crippen molar-refractivity contribution in [3.8, 4) is 0 Å². The maximum absolute atomic E-state index is 11.2. The second-order valence-electron chi connectivity index (χ2n) is 6.51. The highest BCUT2D eigenvalue weighted by molar-refractivity contribution is 5.89. The van der Waals surface area contributed by atoms with Gasteiger partial charge in [-0.2, -0.15) is 4.98 Å². The first-order valence-corrected chi connectivity index (χ1v) is 9.02. The molecule has 27 heavy (non-hydrogen) atoms. The van der Waals surface area contributed by atoms with Crippen molar-refractivity contribution in [2.45, 2.75) is 19.8 Å². The molecule has 1 aromatic heterocycles. The van der Waals surface area contributed by atoms with Crippen molar-refractivity contribution in [3.63, 3.8) is 0 Å². The van der Waals surface area contributed by atoms with Gasteiger partial charge < -0.3 is 15.5 Å². The van der Waals surface area contributed by atoms with Crippen molar-refractivity contribution in [2.24, 2.45) is 0 Å². The van der Waals surface area contributed by atoms with Crippen molar-refractivity contribution in [3.05, 3.63) is 66.4 Å². The molecule has 2 aromatic carbocycles. The zero-order valence-corrected chi connectivity index (χ0v) is 15.1. The average molecular weight is 359 g/mol. The molecular weight excluding hydrogens is 338 g/mol. The Kier molecular flexibility index (Phi) is 4.70. The lowest BCUT2D eigenvalue weighted by Crippen LogP contribution is -2.26. The van der Waals surface area contributed by atoms with Gasteiger partial charge in [0.15, 0.2) is 0 Å². The lowest BCUT2D eigenvalue weighted by molar-refractivity contribution is -0.114. The number of aromatic nitrogens is 2. The molecule has 1 aliphatic heterocycles. The summed E-state index contributed by atoms with van der Waals surface area (Å²) in [5.74, 6) is 1.30. The topological polar surface area (TPSA) is 70.2 Å². The van der Waals surface area contributed by atoms with Gasteiger partial charge in [0.1, 0.15) is 5.82 Å². The number of nitrogens with zero attached hydrogens (tertiary/aromatic N) is 3. The number of aryl methyl sites for hydroxylation is 1. The summed E-state index contributed by atoms with van der Waals surface area (Å²) in [7, 11) is 0. The number of carbonyl (C=O) groups excluding carboxylic acids is 1. The fourth-order valence-corrected chi connectivity index (χ4v) is 3.32. The van der Waals surface area contributed by atoms with Crippen LogP contribution >= 0.6 is 0 Å². The van der Waals surface area contributed by atoms with Crippen LogP contribution in [0.4, 0.5) is 28.8 Å². The van der Waals surface area contributed by atoms with Gasteiger partial charge in [0.25, 0.3) is 0 Å². The zero-order valence-electron chi connectivity index (χ0n) is 15.1. The standard InChI is InChI=1S/C21H21N5O/c1-15(27)23-17-8-4-9-18(14-17)24-20-11-12-22-21(25-20)26-13-5-7-16-6-2-3-10-19(16)26/h2-4,6,8-12,14H,5,7,13H2,1H3,(H,23,27)(H,22,24,25). The first-order valence-electron chi connectivity index (χ1n) is 9.02. The van der Waals surface area contributed by atoms with Crippen molar-refractivity contribution in [2.75, 3.05) is 22.1 Å². The van der Waals surface area contributed by atoms with E-state index in [4.69, 9.17) is 4.98 Å². The number of nitrogens with one attached hydrogen (secondary N) is 2. The molecule has 0 radical (unpaired) electrons. The highest BCUT2D eigenvalue weighted by Crippen LogP contribution is 2.31. The van der Waals surface area contributed by atoms with E-state index < -0.39 is 0 Å². The van der Waals surface area contributed by atoms with E-state index in [0.29, 0.717) is 11.8 Å². The summed E-state index contributed by atoms with van der Waals surface area (Å²) in [4.78, 5) is 22.6. The Morgan fingerprint density at radius 3 is 2.81 bits per heavy atom. The number of hydrogen-bond acceptors (Lipinski definition) is 5. The number of para-hydroxylation sites is 1. The van der Waals surface area contributed by atoms with E-state index >= 15 is 0 Å². The van der Waals surface area contributed by atoms with Crippen LogP contribution in [0.2, 0.25) is 0 Å². The molecule has 136 valence electrons. The van der Waals surface area contributed by atoms with Crippen molar-refractivity contribution in [1.29, 1.82) is 0 Å². The van der Waals surface area contributed by atoms with Crippen LogP contribution in [0.15, 0.2) is 60.8 Å². The molecule has 0 bridgehead atoms. The Balaban J connectivity index is 1.58. The fraction of sp³-hybridized carbons (Fsp3) is 0.190. The van der Waals surface area contributed by atoms with Crippen LogP contribution in [0, 0.1) is 0 Å². The van der Waals surface area contributed by atoms with Crippen LogP contribution in [0.3, 0.4) is 0 Å². The van der Waals surface area contributed by atoms with Crippen LogP contribution in [0.1, 0.15) is 18.9 Å². The minimum atomic E-state index is -0.0970. The molecule has 0 unspecified atom stereocenters. The third-order valence-corrected chi connectivity index (χ3v) is 4.45. The number of carbonyl (C=O) groups is 1. The first-order chi connectivity index (χ1) is 13.2. The quantitative estimate of drug-likeness (QED) is 0.728. The lowest BCUT2D eigenvalue weighted by Gasteiger charge is -2.29. The Morgan fingerprint density at radius 2 is 1.93 bits per heavy atom. The predicted octanol–water partition coefficient (Wildman–Crippen LogP) is 4.26. The molecule has 0 fully saturated rings. The number of fused-ring (bicyclic) bond motifs is 1. The Hall–Kier alpha value is -3.41. The SMILES string of the molecule is CC(=O)Nc1cccc(Nc2ccnc(N3CCCc4ccccc43)n2)c1. The highest BCUT2D eigenvalue weighted by atomic mass is 16.1. The minimum absolute atomic E-state index is 0.0970. The van der Waals surface area contributed by atoms with Crippen molar-refractivity contribution >= 4 is 34.7 Å². The molecule has 0 saturated carbocycles. The molecule has 0 aliphatic carbocycles. The van der Waals surface area contributed by atoms with E-state index in [1.807, 2.05) is 36.4 Å². The first kappa shape index (κ1) is 17.0. The summed E-state index contributed by atoms with van der Waals surface area (Å²) in [6.45, 7) is 2.39. The van der Waals surface area contributed by atoms with Crippen LogP contribution in [0.5, 0.6) is 0 Å². The van der Waals surface area contributed by atoms with Gasteiger partial charge in [-0.15, -0.1) is 0 Å². The Bertz CT molecular complexity index is 972. The zero-order chi connectivity index (χ0) is 18.6. The summed E-state index contributed by atoms with van der Waals surface area (Å²) in [6, 6.07) is 17.8. The maximum Gasteiger partial charge on any atom is 0.231 e. The maximum atomic E-state index is 11.2. The third kappa shape index (κ3) is 3.89. The summed E-state index contributed by atoms with van der Waals surface area (Å²) in [6.07, 6.45) is 3.93. The van der Waals surface area contributed by atoms with Gasteiger partial charge in [0.2, 0.25) is 11.9 Å². The molecule has 0 spiro atoms. The van der Waals surface area contributed by atoms with Crippen molar-refractivity contribution in [1.82, 2.24) is 9.97 Å². The predicted molar refractivity (Wildman–Crippen MR) is 108 cm³/mol. The van der Waals surface area contributed by atoms with Gasteiger partial charge >= 0.3 is 0 Å². The van der Waals surface area contributed by atoms with Gasteiger partial charge in [-0.25, -0.2) is 4.98 Å². The molecule has 0 saturated heterocycles. The third-order valence-electron chi connectivity index (χ3n) is 4.45. The van der Waals surface area contributed by atoms with Crippen LogP contribution < -0.4 is 15.5 Å². The largest absolute Gasteiger partial charge is 0.340 e. The Labute approximate surface area is 158 Å². The van der Waals surface area contributed by atoms with E-state index in [9.17, 15) is 4.79 Å². The minimum Gasteiger partial charge on any atom is -0.340 e. The molecule has 6 heteroatoms. The average Bonchev–Trinajstić information content (AvgIpc) is 2.67. The number of benzene rings is 2. The molecule has 4 rings (SSSR count). The van der Waals surface area contributed by atoms with E-state index in [1.165, 1.54) is 18.2 Å². The molecule has 6 nitrogen and oxygen atoms in total. The number of rotatable bonds is 4. The fourth-order valence-electron chi connectivity index (χ4n) is 3.32. The van der Waals surface area contributed by atoms with E-state index in [-0.39, 0.29) is 5.91 Å². The van der Waals surface area contributed by atoms with E-state index in [0.717, 1.165) is 30.8 Å². The van der Waals surface area contributed by atoms with Crippen molar-refractivity contribution < 1.29 is 4.79 Å². The molecule has 0 atom stereocenters. The second-order valence-corrected chi connectivity index (χ2v) is 6.51. The van der Waals surface area contributed by atoms with Gasteiger partial charge in [-0.3, -0.25) is 4.79 Å². The van der Waals surface area contributed by atoms with Crippen LogP contribution in [-0.4, -0.2) is 22.4 Å². The van der Waals surface area contributed by atoms with E-state index in [2.05, 4.69) is 38.7 Å². The van der Waals surface area contributed by atoms with Gasteiger partial charge in [-0.05, 0) is 48.7 Å². The smallest absolute Gasteiger partial charge is 0.231 e. The summed E-state index contributed by atoms with van der Waals surface area (Å²) < 4.78 is 0. The van der Waals surface area contributed by atoms with Gasteiger partial charge in [0.05, 0.1) is 0 Å². The molecule has 1 aliphatic rings. The van der Waals surface area contributed by atoms with Gasteiger partial charge in [-0.1, -0.05) is 24.3 Å². The van der Waals surface area contributed by atoms with Crippen LogP contribution in [-0.2, 0) is 11.2 Å². The number of hydrogen-bond donors (Lipinski definition) is 2. The Morgan fingerprint density at radius 1 is 1.07 bits per heavy atom. The number of anilines is 5. The molecular formula is C21H21N5O. The van der Waals surface area contributed by atoms with Crippen LogP contribution in [0.25, 0.3) is 0 Å². The van der Waals surface area contributed by atoms with E-state index in [1.54, 1.807) is 6.20 Å². The summed E-state index contributed by atoms with van der Waals surface area (Å²) in [5.41, 5.74) is 4.10. The molecule has 3 aromatic rings. The monoisotopic (exact) mass is 359 g/mol. The van der Waals surface area contributed by atoms with Gasteiger partial charge in [0, 0.05) is 36.7 Å². The molecule has 2 N–H and O–H groups in total. The molecule has 1 amide bonds. The second kappa shape index (κ2) is 7.45. The highest BCUT2D eigenvalue weighted by Gasteiger charge is 2.19.